The Morgan fingerprint density at radius 1 is 1.38 bits per heavy atom. The number of nitrogens with one attached hydrogen (secondary N) is 1. The number of benzene rings is 1. The fourth-order valence-corrected chi connectivity index (χ4v) is 2.71. The smallest absolute Gasteiger partial charge is 0.244 e. The Kier molecular flexibility index (Phi) is 3.75. The van der Waals surface area contributed by atoms with Gasteiger partial charge in [0.1, 0.15) is 5.41 Å². The van der Waals surface area contributed by atoms with Crippen molar-refractivity contribution in [3.05, 3.63) is 23.2 Å². The number of rotatable bonds is 3. The molecule has 21 heavy (non-hydrogen) atoms. The molecule has 6 heteroatoms. The highest BCUT2D eigenvalue weighted by Crippen LogP contribution is 2.45. The zero-order valence-electron chi connectivity index (χ0n) is 11.6. The number of carbonyl (C=O) groups is 1. The molecule has 1 aromatic rings. The molecule has 0 aromatic heterocycles. The lowest BCUT2D eigenvalue weighted by Gasteiger charge is -2.29. The van der Waals surface area contributed by atoms with Gasteiger partial charge in [-0.25, -0.2) is 0 Å². The Bertz CT molecular complexity index is 601. The van der Waals surface area contributed by atoms with Crippen LogP contribution in [-0.2, 0) is 9.53 Å². The summed E-state index contributed by atoms with van der Waals surface area (Å²) in [5, 5.41) is 12.4. The lowest BCUT2D eigenvalue weighted by Crippen LogP contribution is -2.36. The maximum atomic E-state index is 12.0. The van der Waals surface area contributed by atoms with E-state index in [4.69, 9.17) is 21.6 Å². The molecule has 5 nitrogen and oxygen atoms in total. The van der Waals surface area contributed by atoms with Gasteiger partial charge >= 0.3 is 0 Å². The number of hydrogen-bond acceptors (Lipinski definition) is 4. The van der Waals surface area contributed by atoms with E-state index < -0.39 is 5.41 Å². The van der Waals surface area contributed by atoms with E-state index in [1.54, 1.807) is 6.07 Å². The summed E-state index contributed by atoms with van der Waals surface area (Å²) in [7, 11) is 0. The lowest BCUT2D eigenvalue weighted by molar-refractivity contribution is -0.119. The number of nitriles is 1. The average molecular weight is 306 g/mol. The van der Waals surface area contributed by atoms with Crippen LogP contribution in [0.4, 0.5) is 11.4 Å². The van der Waals surface area contributed by atoms with Crippen molar-refractivity contribution >= 4 is 28.9 Å². The van der Waals surface area contributed by atoms with Crippen LogP contribution in [0.3, 0.4) is 0 Å². The SMILES string of the molecule is N#CC1(C(=O)Nc2ccc(N3CCOCC3)c(Cl)c2)CC1. The molecule has 0 unspecified atom stereocenters. The summed E-state index contributed by atoms with van der Waals surface area (Å²) in [6, 6.07) is 7.54. The second-order valence-electron chi connectivity index (χ2n) is 5.41. The first-order valence-corrected chi connectivity index (χ1v) is 7.37. The zero-order valence-corrected chi connectivity index (χ0v) is 12.3. The fraction of sp³-hybridized carbons (Fsp3) is 0.467. The van der Waals surface area contributed by atoms with Crippen LogP contribution in [0.25, 0.3) is 0 Å². The van der Waals surface area contributed by atoms with Crippen molar-refractivity contribution in [2.75, 3.05) is 36.5 Å². The summed E-state index contributed by atoms with van der Waals surface area (Å²) >= 11 is 6.31. The van der Waals surface area contributed by atoms with E-state index in [1.807, 2.05) is 12.1 Å². The van der Waals surface area contributed by atoms with Gasteiger partial charge in [-0.15, -0.1) is 0 Å². The molecule has 1 saturated heterocycles. The van der Waals surface area contributed by atoms with Crippen LogP contribution in [0.5, 0.6) is 0 Å². The van der Waals surface area contributed by atoms with Crippen molar-refractivity contribution in [1.82, 2.24) is 0 Å². The van der Waals surface area contributed by atoms with Gasteiger partial charge in [0.2, 0.25) is 5.91 Å². The molecular formula is C15H16ClN3O2. The third kappa shape index (κ3) is 2.82. The lowest BCUT2D eigenvalue weighted by atomic mass is 10.1. The molecule has 2 fully saturated rings. The average Bonchev–Trinajstić information content (AvgIpc) is 3.29. The van der Waals surface area contributed by atoms with Crippen LogP contribution in [-0.4, -0.2) is 32.2 Å². The topological polar surface area (TPSA) is 65.4 Å². The maximum absolute atomic E-state index is 12.0. The Morgan fingerprint density at radius 3 is 2.67 bits per heavy atom. The standard InChI is InChI=1S/C15H16ClN3O2/c16-12-9-11(18-14(20)15(10-17)3-4-15)1-2-13(12)19-5-7-21-8-6-19/h1-2,9H,3-8H2,(H,18,20). The van der Waals surface area contributed by atoms with Crippen molar-refractivity contribution in [2.45, 2.75) is 12.8 Å². The highest BCUT2D eigenvalue weighted by molar-refractivity contribution is 6.33. The molecule has 1 saturated carbocycles. The molecule has 2 aliphatic rings. The molecule has 1 aromatic carbocycles. The predicted molar refractivity (Wildman–Crippen MR) is 80.4 cm³/mol. The number of hydrogen-bond donors (Lipinski definition) is 1. The summed E-state index contributed by atoms with van der Waals surface area (Å²) in [6.45, 7) is 3.00. The minimum Gasteiger partial charge on any atom is -0.378 e. The van der Waals surface area contributed by atoms with Crippen molar-refractivity contribution in [2.24, 2.45) is 5.41 Å². The Hall–Kier alpha value is -1.77. The second kappa shape index (κ2) is 5.55. The number of amides is 1. The molecule has 1 amide bonds. The number of nitrogens with zero attached hydrogens (tertiary/aromatic N) is 2. The molecule has 110 valence electrons. The quantitative estimate of drug-likeness (QED) is 0.931. The molecule has 0 spiro atoms. The number of ether oxygens (including phenoxy) is 1. The molecule has 0 radical (unpaired) electrons. The second-order valence-corrected chi connectivity index (χ2v) is 5.82. The van der Waals surface area contributed by atoms with Crippen LogP contribution in [0.1, 0.15) is 12.8 Å². The summed E-state index contributed by atoms with van der Waals surface area (Å²) in [5.41, 5.74) is 0.748. The van der Waals surface area contributed by atoms with Crippen molar-refractivity contribution in [3.8, 4) is 6.07 Å². The van der Waals surface area contributed by atoms with E-state index in [0.717, 1.165) is 18.8 Å². The summed E-state index contributed by atoms with van der Waals surface area (Å²) in [6.07, 6.45) is 1.27. The molecule has 1 aliphatic carbocycles. The largest absolute Gasteiger partial charge is 0.378 e. The summed E-state index contributed by atoms with van der Waals surface area (Å²) < 4.78 is 5.32. The minimum atomic E-state index is -0.824. The van der Waals surface area contributed by atoms with Crippen LogP contribution in [0, 0.1) is 16.7 Å². The van der Waals surface area contributed by atoms with Gasteiger partial charge in [0.25, 0.3) is 0 Å². The number of morpholine rings is 1. The van der Waals surface area contributed by atoms with E-state index >= 15 is 0 Å². The highest BCUT2D eigenvalue weighted by atomic mass is 35.5. The first-order valence-electron chi connectivity index (χ1n) is 7.00. The van der Waals surface area contributed by atoms with Gasteiger partial charge in [0.15, 0.2) is 0 Å². The third-order valence-electron chi connectivity index (χ3n) is 3.96. The fourth-order valence-electron chi connectivity index (χ4n) is 2.41. The Balaban J connectivity index is 1.72. The molecule has 0 bridgehead atoms. The van der Waals surface area contributed by atoms with Gasteiger partial charge in [-0.1, -0.05) is 11.6 Å². The van der Waals surface area contributed by atoms with Crippen molar-refractivity contribution in [3.63, 3.8) is 0 Å². The number of halogens is 1. The van der Waals surface area contributed by atoms with Crippen molar-refractivity contribution < 1.29 is 9.53 Å². The van der Waals surface area contributed by atoms with Gasteiger partial charge in [0.05, 0.1) is 30.0 Å². The first-order chi connectivity index (χ1) is 10.1. The first kappa shape index (κ1) is 14.2. The third-order valence-corrected chi connectivity index (χ3v) is 4.26. The Morgan fingerprint density at radius 2 is 2.10 bits per heavy atom. The van der Waals surface area contributed by atoms with Gasteiger partial charge < -0.3 is 15.0 Å². The van der Waals surface area contributed by atoms with Gasteiger partial charge in [-0.2, -0.15) is 5.26 Å². The normalized spacial score (nSPS) is 19.7. The molecular weight excluding hydrogens is 290 g/mol. The van der Waals surface area contributed by atoms with Gasteiger partial charge in [0, 0.05) is 18.8 Å². The van der Waals surface area contributed by atoms with Gasteiger partial charge in [-0.05, 0) is 31.0 Å². The summed E-state index contributed by atoms with van der Waals surface area (Å²) in [4.78, 5) is 14.2. The predicted octanol–water partition coefficient (Wildman–Crippen LogP) is 2.42. The van der Waals surface area contributed by atoms with Crippen LogP contribution >= 0.6 is 11.6 Å². The van der Waals surface area contributed by atoms with E-state index in [9.17, 15) is 4.79 Å². The van der Waals surface area contributed by atoms with Crippen LogP contribution in [0.15, 0.2) is 18.2 Å². The number of carbonyl (C=O) groups excluding carboxylic acids is 1. The number of anilines is 2. The zero-order chi connectivity index (χ0) is 14.9. The highest BCUT2D eigenvalue weighted by Gasteiger charge is 2.50. The van der Waals surface area contributed by atoms with E-state index in [1.165, 1.54) is 0 Å². The molecule has 1 aliphatic heterocycles. The van der Waals surface area contributed by atoms with Crippen LogP contribution in [0.2, 0.25) is 5.02 Å². The van der Waals surface area contributed by atoms with Gasteiger partial charge in [-0.3, -0.25) is 4.79 Å². The molecule has 3 rings (SSSR count). The molecule has 1 heterocycles. The van der Waals surface area contributed by atoms with E-state index in [-0.39, 0.29) is 5.91 Å². The molecule has 1 N–H and O–H groups in total. The summed E-state index contributed by atoms with van der Waals surface area (Å²) in [5.74, 6) is -0.236. The minimum absolute atomic E-state index is 0.236. The van der Waals surface area contributed by atoms with Crippen molar-refractivity contribution in [1.29, 1.82) is 5.26 Å². The maximum Gasteiger partial charge on any atom is 0.244 e. The van der Waals surface area contributed by atoms with E-state index in [2.05, 4.69) is 16.3 Å². The van der Waals surface area contributed by atoms with Crippen LogP contribution < -0.4 is 10.2 Å². The Labute approximate surface area is 128 Å². The molecule has 0 atom stereocenters. The van der Waals surface area contributed by atoms with E-state index in [0.29, 0.717) is 36.8 Å². The monoisotopic (exact) mass is 305 g/mol.